The Kier molecular flexibility index (Phi) is 4.33. The molecule has 0 bridgehead atoms. The van der Waals surface area contributed by atoms with Crippen LogP contribution in [0.4, 0.5) is 0 Å². The van der Waals surface area contributed by atoms with Gasteiger partial charge in [0, 0.05) is 16.6 Å². The number of aromatic nitrogens is 1. The third-order valence-corrected chi connectivity index (χ3v) is 4.84. The van der Waals surface area contributed by atoms with Crippen LogP contribution in [-0.4, -0.2) is 18.4 Å². The predicted molar refractivity (Wildman–Crippen MR) is 81.3 cm³/mol. The molecule has 0 fully saturated rings. The minimum Gasteiger partial charge on any atom is -0.389 e. The van der Waals surface area contributed by atoms with Crippen molar-refractivity contribution in [2.45, 2.75) is 11.4 Å². The van der Waals surface area contributed by atoms with Crippen LogP contribution in [0.25, 0.3) is 0 Å². The molecule has 0 unspecified atom stereocenters. The van der Waals surface area contributed by atoms with Crippen molar-refractivity contribution >= 4 is 38.6 Å². The van der Waals surface area contributed by atoms with E-state index in [0.29, 0.717) is 11.3 Å². The molecule has 0 radical (unpaired) electrons. The molecule has 1 heterocycles. The fraction of sp³-hybridized carbons (Fsp3) is 0.0909. The number of benzene rings is 1. The van der Waals surface area contributed by atoms with Crippen LogP contribution >= 0.6 is 23.6 Å². The van der Waals surface area contributed by atoms with Gasteiger partial charge in [-0.1, -0.05) is 35.7 Å². The molecule has 0 amide bonds. The number of sulfonamides is 1. The number of hydrogen-bond donors (Lipinski definition) is 3. The van der Waals surface area contributed by atoms with E-state index in [2.05, 4.69) is 9.71 Å². The molecular formula is C11H11N3O3S3. The van der Waals surface area contributed by atoms with Gasteiger partial charge in [0.05, 0.1) is 11.4 Å². The van der Waals surface area contributed by atoms with Gasteiger partial charge in [-0.3, -0.25) is 4.79 Å². The maximum Gasteiger partial charge on any atom is 0.304 e. The normalized spacial score (nSPS) is 11.4. The van der Waals surface area contributed by atoms with Gasteiger partial charge in [0.25, 0.3) is 0 Å². The summed E-state index contributed by atoms with van der Waals surface area (Å²) in [6.45, 7) is 0.0259. The lowest BCUT2D eigenvalue weighted by Gasteiger charge is -2.06. The lowest BCUT2D eigenvalue weighted by molar-refractivity contribution is 0.580. The zero-order chi connectivity index (χ0) is 14.8. The molecule has 106 valence electrons. The van der Waals surface area contributed by atoms with Crippen molar-refractivity contribution in [1.82, 2.24) is 9.71 Å². The van der Waals surface area contributed by atoms with Crippen LogP contribution in [0, 0.1) is 0 Å². The Morgan fingerprint density at radius 2 is 2.00 bits per heavy atom. The minimum atomic E-state index is -3.64. The van der Waals surface area contributed by atoms with Gasteiger partial charge >= 0.3 is 4.87 Å². The first kappa shape index (κ1) is 14.9. The maximum atomic E-state index is 12.0. The zero-order valence-electron chi connectivity index (χ0n) is 10.1. The summed E-state index contributed by atoms with van der Waals surface area (Å²) in [6, 6.07) is 5.94. The molecule has 0 aliphatic carbocycles. The molecule has 0 saturated carbocycles. The number of thiazole rings is 1. The largest absolute Gasteiger partial charge is 0.389 e. The van der Waals surface area contributed by atoms with E-state index >= 15 is 0 Å². The molecule has 0 spiro atoms. The summed E-state index contributed by atoms with van der Waals surface area (Å²) >= 11 is 5.78. The fourth-order valence-corrected chi connectivity index (χ4v) is 3.18. The van der Waals surface area contributed by atoms with Gasteiger partial charge in [-0.15, -0.1) is 0 Å². The lowest BCUT2D eigenvalue weighted by atomic mass is 10.2. The van der Waals surface area contributed by atoms with E-state index in [9.17, 15) is 13.2 Å². The lowest BCUT2D eigenvalue weighted by Crippen LogP contribution is -2.23. The Hall–Kier alpha value is -1.55. The molecule has 9 heteroatoms. The van der Waals surface area contributed by atoms with Crippen LogP contribution < -0.4 is 15.3 Å². The van der Waals surface area contributed by atoms with Gasteiger partial charge in [0.15, 0.2) is 0 Å². The number of nitrogens with two attached hydrogens (primary N) is 1. The second-order valence-electron chi connectivity index (χ2n) is 3.89. The van der Waals surface area contributed by atoms with E-state index in [0.717, 1.165) is 11.3 Å². The third-order valence-electron chi connectivity index (χ3n) is 2.47. The molecule has 1 aromatic heterocycles. The molecule has 20 heavy (non-hydrogen) atoms. The van der Waals surface area contributed by atoms with Crippen LogP contribution in [0.15, 0.2) is 39.3 Å². The highest BCUT2D eigenvalue weighted by Crippen LogP contribution is 2.11. The molecule has 2 aromatic rings. The first-order chi connectivity index (χ1) is 9.38. The second-order valence-corrected chi connectivity index (χ2v) is 6.94. The van der Waals surface area contributed by atoms with Crippen molar-refractivity contribution in [3.05, 3.63) is 50.6 Å². The van der Waals surface area contributed by atoms with Gasteiger partial charge in [0.2, 0.25) is 10.0 Å². The molecule has 1 aromatic carbocycles. The van der Waals surface area contributed by atoms with Crippen molar-refractivity contribution in [2.24, 2.45) is 5.73 Å². The summed E-state index contributed by atoms with van der Waals surface area (Å²) in [6.07, 6.45) is 0. The Balaban J connectivity index is 2.13. The minimum absolute atomic E-state index is 0.0259. The van der Waals surface area contributed by atoms with Crippen molar-refractivity contribution in [1.29, 1.82) is 0 Å². The number of thiocarbonyl (C=S) groups is 1. The van der Waals surface area contributed by atoms with Gasteiger partial charge in [-0.05, 0) is 12.1 Å². The van der Waals surface area contributed by atoms with Gasteiger partial charge < -0.3 is 10.7 Å². The summed E-state index contributed by atoms with van der Waals surface area (Å²) in [5, 5.41) is 1.57. The SMILES string of the molecule is NC(=S)c1ccc(S(=O)(=O)NCc2csc(=O)[nH]2)cc1. The smallest absolute Gasteiger partial charge is 0.304 e. The molecule has 2 rings (SSSR count). The molecule has 0 atom stereocenters. The summed E-state index contributed by atoms with van der Waals surface area (Å²) in [4.78, 5) is 13.6. The monoisotopic (exact) mass is 329 g/mol. The Labute approximate surface area is 124 Å². The number of rotatable bonds is 5. The first-order valence-electron chi connectivity index (χ1n) is 5.45. The molecule has 0 aliphatic heterocycles. The van der Waals surface area contributed by atoms with Crippen LogP contribution in [0.5, 0.6) is 0 Å². The number of nitrogens with one attached hydrogen (secondary N) is 2. The van der Waals surface area contributed by atoms with E-state index < -0.39 is 10.0 Å². The fourth-order valence-electron chi connectivity index (χ4n) is 1.45. The maximum absolute atomic E-state index is 12.0. The average molecular weight is 329 g/mol. The van der Waals surface area contributed by atoms with Crippen molar-refractivity contribution in [3.63, 3.8) is 0 Å². The van der Waals surface area contributed by atoms with E-state index in [1.807, 2.05) is 0 Å². The van der Waals surface area contributed by atoms with Crippen LogP contribution in [0.1, 0.15) is 11.3 Å². The highest BCUT2D eigenvalue weighted by atomic mass is 32.2. The molecule has 4 N–H and O–H groups in total. The van der Waals surface area contributed by atoms with Crippen molar-refractivity contribution in [2.75, 3.05) is 0 Å². The third kappa shape index (κ3) is 3.51. The number of hydrogen-bond acceptors (Lipinski definition) is 5. The second kappa shape index (κ2) is 5.83. The van der Waals surface area contributed by atoms with Gasteiger partial charge in [-0.2, -0.15) is 0 Å². The van der Waals surface area contributed by atoms with E-state index in [1.165, 1.54) is 12.1 Å². The molecule has 0 saturated heterocycles. The summed E-state index contributed by atoms with van der Waals surface area (Å²) in [7, 11) is -3.64. The molecule has 0 aliphatic rings. The van der Waals surface area contributed by atoms with Crippen molar-refractivity contribution in [3.8, 4) is 0 Å². The Bertz CT molecular complexity index is 775. The van der Waals surface area contributed by atoms with Gasteiger partial charge in [-0.25, -0.2) is 13.1 Å². The number of aromatic amines is 1. The van der Waals surface area contributed by atoms with Crippen LogP contribution in [0.2, 0.25) is 0 Å². The first-order valence-corrected chi connectivity index (χ1v) is 8.22. The highest BCUT2D eigenvalue weighted by molar-refractivity contribution is 7.89. The Morgan fingerprint density at radius 1 is 1.35 bits per heavy atom. The predicted octanol–water partition coefficient (Wildman–Crippen LogP) is 0.549. The average Bonchev–Trinajstić information content (AvgIpc) is 2.82. The van der Waals surface area contributed by atoms with E-state index in [-0.39, 0.29) is 21.3 Å². The number of H-pyrrole nitrogens is 1. The summed E-state index contributed by atoms with van der Waals surface area (Å²) in [5.74, 6) is 0. The Morgan fingerprint density at radius 3 is 2.50 bits per heavy atom. The standard InChI is InChI=1S/C11H11N3O3S3/c12-10(18)7-1-3-9(4-2-7)20(16,17)13-5-8-6-19-11(15)14-8/h1-4,6,13H,5H2,(H2,12,18)(H,14,15). The highest BCUT2D eigenvalue weighted by Gasteiger charge is 2.14. The van der Waals surface area contributed by atoms with Gasteiger partial charge in [0.1, 0.15) is 4.99 Å². The summed E-state index contributed by atoms with van der Waals surface area (Å²) < 4.78 is 26.5. The molecule has 6 nitrogen and oxygen atoms in total. The van der Waals surface area contributed by atoms with Crippen LogP contribution in [0.3, 0.4) is 0 Å². The zero-order valence-corrected chi connectivity index (χ0v) is 12.6. The van der Waals surface area contributed by atoms with E-state index in [4.69, 9.17) is 18.0 Å². The van der Waals surface area contributed by atoms with Crippen LogP contribution in [-0.2, 0) is 16.6 Å². The van der Waals surface area contributed by atoms with Crippen molar-refractivity contribution < 1.29 is 8.42 Å². The topological polar surface area (TPSA) is 105 Å². The quantitative estimate of drug-likeness (QED) is 0.695. The summed E-state index contributed by atoms with van der Waals surface area (Å²) in [5.41, 5.74) is 6.56. The molecular weight excluding hydrogens is 318 g/mol. The van der Waals surface area contributed by atoms with E-state index in [1.54, 1.807) is 17.5 Å².